The lowest BCUT2D eigenvalue weighted by Gasteiger charge is -2.00. The molecule has 3 heteroatoms. The van der Waals surface area contributed by atoms with Crippen molar-refractivity contribution < 1.29 is 13.6 Å². The van der Waals surface area contributed by atoms with E-state index in [2.05, 4.69) is 6.58 Å². The molecule has 0 radical (unpaired) electrons. The summed E-state index contributed by atoms with van der Waals surface area (Å²) in [6.07, 6.45) is 1.57. The van der Waals surface area contributed by atoms with Crippen LogP contribution in [0.3, 0.4) is 0 Å². The van der Waals surface area contributed by atoms with Crippen molar-refractivity contribution in [1.29, 1.82) is 0 Å². The highest BCUT2D eigenvalue weighted by molar-refractivity contribution is 5.81. The number of rotatable bonds is 2. The van der Waals surface area contributed by atoms with Crippen molar-refractivity contribution in [1.82, 2.24) is 0 Å². The SMILES string of the molecule is C=C(C)Oc1c(C)oc2occc12. The summed E-state index contributed by atoms with van der Waals surface area (Å²) in [4.78, 5) is 0. The number of hydrogen-bond acceptors (Lipinski definition) is 3. The molecule has 3 nitrogen and oxygen atoms in total. The molecule has 0 aromatic carbocycles. The first kappa shape index (κ1) is 7.98. The van der Waals surface area contributed by atoms with Crippen LogP contribution in [-0.4, -0.2) is 0 Å². The molecule has 0 unspecified atom stereocenters. The van der Waals surface area contributed by atoms with Gasteiger partial charge in [0.1, 0.15) is 11.1 Å². The third-order valence-corrected chi connectivity index (χ3v) is 1.72. The van der Waals surface area contributed by atoms with Gasteiger partial charge in [-0.1, -0.05) is 6.58 Å². The van der Waals surface area contributed by atoms with E-state index < -0.39 is 0 Å². The second kappa shape index (κ2) is 2.69. The van der Waals surface area contributed by atoms with E-state index in [9.17, 15) is 0 Å². The zero-order chi connectivity index (χ0) is 9.42. The Hall–Kier alpha value is -1.64. The van der Waals surface area contributed by atoms with Crippen LogP contribution in [-0.2, 0) is 0 Å². The Morgan fingerprint density at radius 3 is 3.00 bits per heavy atom. The Labute approximate surface area is 75.6 Å². The third-order valence-electron chi connectivity index (χ3n) is 1.72. The van der Waals surface area contributed by atoms with Gasteiger partial charge < -0.3 is 13.6 Å². The zero-order valence-electron chi connectivity index (χ0n) is 7.59. The van der Waals surface area contributed by atoms with Gasteiger partial charge in [0.25, 0.3) is 0 Å². The lowest BCUT2D eigenvalue weighted by molar-refractivity contribution is 0.405. The third kappa shape index (κ3) is 1.22. The summed E-state index contributed by atoms with van der Waals surface area (Å²) in [7, 11) is 0. The summed E-state index contributed by atoms with van der Waals surface area (Å²) in [5, 5.41) is 0.848. The molecule has 2 rings (SSSR count). The van der Waals surface area contributed by atoms with Gasteiger partial charge in [0, 0.05) is 0 Å². The summed E-state index contributed by atoms with van der Waals surface area (Å²) in [6, 6.07) is 1.81. The fourth-order valence-corrected chi connectivity index (χ4v) is 1.22. The van der Waals surface area contributed by atoms with Crippen molar-refractivity contribution in [2.45, 2.75) is 13.8 Å². The lowest BCUT2D eigenvalue weighted by atomic mass is 10.3. The van der Waals surface area contributed by atoms with E-state index in [1.807, 2.05) is 13.0 Å². The van der Waals surface area contributed by atoms with E-state index in [1.54, 1.807) is 13.2 Å². The van der Waals surface area contributed by atoms with Gasteiger partial charge in [-0.3, -0.25) is 0 Å². The molecule has 0 aliphatic carbocycles. The van der Waals surface area contributed by atoms with E-state index in [0.29, 0.717) is 23.0 Å². The van der Waals surface area contributed by atoms with Crippen molar-refractivity contribution in [3.05, 3.63) is 30.4 Å². The van der Waals surface area contributed by atoms with E-state index in [1.165, 1.54) is 0 Å². The highest BCUT2D eigenvalue weighted by Gasteiger charge is 2.14. The maximum atomic E-state index is 5.41. The molecule has 0 saturated carbocycles. The minimum atomic E-state index is 0.494. The van der Waals surface area contributed by atoms with Crippen LogP contribution >= 0.6 is 0 Å². The first-order valence-electron chi connectivity index (χ1n) is 3.98. The standard InChI is InChI=1S/C10H10O3/c1-6(2)12-9-7(3)13-10-8(9)4-5-11-10/h4-5H,1H2,2-3H3. The Balaban J connectivity index is 2.57. The molecule has 68 valence electrons. The molecule has 2 aromatic heterocycles. The van der Waals surface area contributed by atoms with Crippen molar-refractivity contribution >= 4 is 11.2 Å². The molecule has 0 N–H and O–H groups in total. The molecule has 0 amide bonds. The van der Waals surface area contributed by atoms with Crippen LogP contribution in [0.2, 0.25) is 0 Å². The highest BCUT2D eigenvalue weighted by atomic mass is 16.5. The second-order valence-electron chi connectivity index (χ2n) is 2.91. The first-order chi connectivity index (χ1) is 6.18. The molecular formula is C10H10O3. The lowest BCUT2D eigenvalue weighted by Crippen LogP contribution is -1.88. The number of furan rings is 2. The summed E-state index contributed by atoms with van der Waals surface area (Å²) < 4.78 is 15.8. The molecule has 0 saturated heterocycles. The van der Waals surface area contributed by atoms with E-state index in [0.717, 1.165) is 5.39 Å². The predicted molar refractivity (Wildman–Crippen MR) is 48.7 cm³/mol. The Morgan fingerprint density at radius 2 is 2.31 bits per heavy atom. The van der Waals surface area contributed by atoms with Gasteiger partial charge >= 0.3 is 5.78 Å². The number of fused-ring (bicyclic) bond motifs is 1. The normalized spacial score (nSPS) is 10.6. The number of ether oxygens (including phenoxy) is 1. The smallest absolute Gasteiger partial charge is 0.301 e. The zero-order valence-corrected chi connectivity index (χ0v) is 7.59. The quantitative estimate of drug-likeness (QED) is 0.662. The van der Waals surface area contributed by atoms with Crippen molar-refractivity contribution in [3.8, 4) is 5.75 Å². The minimum absolute atomic E-state index is 0.494. The molecule has 13 heavy (non-hydrogen) atoms. The maximum absolute atomic E-state index is 5.41. The molecule has 0 fully saturated rings. The van der Waals surface area contributed by atoms with Gasteiger partial charge in [0.15, 0.2) is 5.75 Å². The van der Waals surface area contributed by atoms with Gasteiger partial charge in [0.05, 0.1) is 12.0 Å². The largest absolute Gasteiger partial charge is 0.458 e. The van der Waals surface area contributed by atoms with Crippen LogP contribution in [0.1, 0.15) is 12.7 Å². The van der Waals surface area contributed by atoms with Crippen LogP contribution in [0.4, 0.5) is 0 Å². The summed E-state index contributed by atoms with van der Waals surface area (Å²) in [5.74, 6) is 2.52. The average molecular weight is 178 g/mol. The second-order valence-corrected chi connectivity index (χ2v) is 2.91. The van der Waals surface area contributed by atoms with Gasteiger partial charge in [0.2, 0.25) is 0 Å². The molecule has 0 aliphatic heterocycles. The molecule has 0 atom stereocenters. The molecular weight excluding hydrogens is 168 g/mol. The fraction of sp³-hybridized carbons (Fsp3) is 0.200. The molecule has 0 spiro atoms. The van der Waals surface area contributed by atoms with Crippen LogP contribution < -0.4 is 4.74 Å². The van der Waals surface area contributed by atoms with Crippen molar-refractivity contribution in [3.63, 3.8) is 0 Å². The predicted octanol–water partition coefficient (Wildman–Crippen LogP) is 3.25. The monoisotopic (exact) mass is 178 g/mol. The Bertz CT molecular complexity index is 448. The number of hydrogen-bond donors (Lipinski definition) is 0. The van der Waals surface area contributed by atoms with E-state index >= 15 is 0 Å². The van der Waals surface area contributed by atoms with Gasteiger partial charge in [-0.25, -0.2) is 0 Å². The molecule has 2 aromatic rings. The maximum Gasteiger partial charge on any atom is 0.301 e. The molecule has 0 bridgehead atoms. The van der Waals surface area contributed by atoms with Crippen LogP contribution in [0.25, 0.3) is 11.2 Å². The topological polar surface area (TPSA) is 35.5 Å². The number of allylic oxidation sites excluding steroid dienone is 1. The Kier molecular flexibility index (Phi) is 1.65. The van der Waals surface area contributed by atoms with Crippen LogP contribution in [0, 0.1) is 6.92 Å². The molecule has 2 heterocycles. The Morgan fingerprint density at radius 1 is 1.54 bits per heavy atom. The van der Waals surface area contributed by atoms with Gasteiger partial charge in [-0.2, -0.15) is 0 Å². The van der Waals surface area contributed by atoms with E-state index in [4.69, 9.17) is 13.6 Å². The number of aryl methyl sites for hydroxylation is 1. The summed E-state index contributed by atoms with van der Waals surface area (Å²) >= 11 is 0. The van der Waals surface area contributed by atoms with Crippen LogP contribution in [0.5, 0.6) is 5.75 Å². The van der Waals surface area contributed by atoms with Crippen molar-refractivity contribution in [2.24, 2.45) is 0 Å². The van der Waals surface area contributed by atoms with Gasteiger partial charge in [-0.15, -0.1) is 0 Å². The summed E-state index contributed by atoms with van der Waals surface area (Å²) in [6.45, 7) is 7.29. The highest BCUT2D eigenvalue weighted by Crippen LogP contribution is 2.33. The minimum Gasteiger partial charge on any atom is -0.458 e. The average Bonchev–Trinajstić information content (AvgIpc) is 2.55. The molecule has 0 aliphatic rings. The van der Waals surface area contributed by atoms with E-state index in [-0.39, 0.29) is 0 Å². The van der Waals surface area contributed by atoms with Crippen molar-refractivity contribution in [2.75, 3.05) is 0 Å². The summed E-state index contributed by atoms with van der Waals surface area (Å²) in [5.41, 5.74) is 0. The first-order valence-corrected chi connectivity index (χ1v) is 3.98. The fourth-order valence-electron chi connectivity index (χ4n) is 1.22. The van der Waals surface area contributed by atoms with Gasteiger partial charge in [-0.05, 0) is 19.9 Å². The van der Waals surface area contributed by atoms with Crippen LogP contribution in [0.15, 0.2) is 33.5 Å².